The molecule has 1 heterocycles. The summed E-state index contributed by atoms with van der Waals surface area (Å²) >= 11 is 0. The maximum Gasteiger partial charge on any atom is 0.0791 e. The average molecular weight is 263 g/mol. The van der Waals surface area contributed by atoms with Gasteiger partial charge in [-0.2, -0.15) is 0 Å². The molecule has 0 aliphatic carbocycles. The van der Waals surface area contributed by atoms with Gasteiger partial charge in [0.1, 0.15) is 0 Å². The lowest BCUT2D eigenvalue weighted by Gasteiger charge is -2.41. The van der Waals surface area contributed by atoms with Crippen LogP contribution in [0.15, 0.2) is 30.3 Å². The summed E-state index contributed by atoms with van der Waals surface area (Å²) in [5.74, 6) is 0. The number of aliphatic hydroxyl groups is 1. The minimum absolute atomic E-state index is 0.306. The number of piperazine rings is 1. The highest BCUT2D eigenvalue weighted by Crippen LogP contribution is 2.24. The molecule has 2 unspecified atom stereocenters. The molecule has 0 radical (unpaired) electrons. The number of aliphatic hydroxyl groups excluding tert-OH is 1. The molecule has 2 atom stereocenters. The minimum atomic E-state index is -0.306. The first-order valence-corrected chi connectivity index (χ1v) is 7.01. The summed E-state index contributed by atoms with van der Waals surface area (Å²) in [5.41, 5.74) is 1.34. The lowest BCUT2D eigenvalue weighted by molar-refractivity contribution is 0.0413. The summed E-state index contributed by atoms with van der Waals surface area (Å²) in [6.07, 6.45) is -0.306. The number of benzene rings is 1. The van der Waals surface area contributed by atoms with Crippen LogP contribution in [-0.4, -0.2) is 67.8 Å². The molecule has 1 aliphatic heterocycles. The molecule has 19 heavy (non-hydrogen) atoms. The second-order valence-corrected chi connectivity index (χ2v) is 5.40. The fraction of sp³-hybridized carbons (Fsp3) is 0.600. The van der Waals surface area contributed by atoms with Crippen molar-refractivity contribution < 1.29 is 5.11 Å². The summed E-state index contributed by atoms with van der Waals surface area (Å²) < 4.78 is 0. The number of likely N-dealkylation sites (N-methyl/N-ethyl adjacent to an activating group) is 2. The molecule has 1 saturated heterocycles. The molecule has 0 aromatic heterocycles. The molecule has 1 aromatic rings. The number of hydrogen-bond donors (Lipinski definition) is 2. The Labute approximate surface area is 116 Å². The van der Waals surface area contributed by atoms with Gasteiger partial charge in [0.05, 0.1) is 6.10 Å². The largest absolute Gasteiger partial charge is 0.390 e. The van der Waals surface area contributed by atoms with Gasteiger partial charge in [0.25, 0.3) is 0 Å². The normalized spacial score (nSPS) is 23.4. The van der Waals surface area contributed by atoms with Gasteiger partial charge in [0.15, 0.2) is 0 Å². The molecule has 2 rings (SSSR count). The third-order valence-electron chi connectivity index (χ3n) is 3.76. The van der Waals surface area contributed by atoms with E-state index >= 15 is 0 Å². The third-order valence-corrected chi connectivity index (χ3v) is 3.76. The highest BCUT2D eigenvalue weighted by molar-refractivity contribution is 5.20. The van der Waals surface area contributed by atoms with Crippen LogP contribution in [0.2, 0.25) is 0 Å². The summed E-state index contributed by atoms with van der Waals surface area (Å²) in [6.45, 7) is 4.48. The van der Waals surface area contributed by atoms with Gasteiger partial charge < -0.3 is 15.3 Å². The van der Waals surface area contributed by atoms with E-state index in [0.717, 1.165) is 26.2 Å². The van der Waals surface area contributed by atoms with Crippen molar-refractivity contribution in [1.82, 2.24) is 15.1 Å². The summed E-state index contributed by atoms with van der Waals surface area (Å²) in [6, 6.07) is 11.0. The van der Waals surface area contributed by atoms with E-state index in [1.807, 2.05) is 7.05 Å². The highest BCUT2D eigenvalue weighted by Gasteiger charge is 2.27. The second kappa shape index (κ2) is 7.01. The molecule has 1 aliphatic rings. The van der Waals surface area contributed by atoms with E-state index in [1.165, 1.54) is 5.56 Å². The number of nitrogens with zero attached hydrogens (tertiary/aromatic N) is 2. The van der Waals surface area contributed by atoms with Gasteiger partial charge in [-0.15, -0.1) is 0 Å². The minimum Gasteiger partial charge on any atom is -0.390 e. The van der Waals surface area contributed by atoms with Crippen LogP contribution in [0.5, 0.6) is 0 Å². The predicted molar refractivity (Wildman–Crippen MR) is 78.2 cm³/mol. The fourth-order valence-electron chi connectivity index (χ4n) is 2.74. The van der Waals surface area contributed by atoms with Crippen LogP contribution in [0.4, 0.5) is 0 Å². The maximum atomic E-state index is 10.0. The Morgan fingerprint density at radius 1 is 1.32 bits per heavy atom. The Bertz CT molecular complexity index is 371. The fourth-order valence-corrected chi connectivity index (χ4v) is 2.74. The van der Waals surface area contributed by atoms with E-state index in [2.05, 4.69) is 52.5 Å². The lowest BCUT2D eigenvalue weighted by Crippen LogP contribution is -2.50. The van der Waals surface area contributed by atoms with Gasteiger partial charge in [-0.05, 0) is 19.7 Å². The Balaban J connectivity index is 2.06. The van der Waals surface area contributed by atoms with Crippen molar-refractivity contribution in [1.29, 1.82) is 0 Å². The molecule has 1 aromatic carbocycles. The van der Waals surface area contributed by atoms with Gasteiger partial charge in [0.2, 0.25) is 0 Å². The molecular weight excluding hydrogens is 238 g/mol. The number of hydrogen-bond acceptors (Lipinski definition) is 4. The van der Waals surface area contributed by atoms with E-state index in [1.54, 1.807) is 0 Å². The van der Waals surface area contributed by atoms with E-state index in [9.17, 15) is 5.11 Å². The first kappa shape index (κ1) is 14.5. The number of β-amino-alcohol motifs (C(OH)–C–C–N with tert-alkyl or cyclic N) is 1. The molecule has 0 bridgehead atoms. The van der Waals surface area contributed by atoms with Gasteiger partial charge in [0, 0.05) is 38.8 Å². The van der Waals surface area contributed by atoms with Gasteiger partial charge in [-0.3, -0.25) is 4.90 Å². The zero-order valence-corrected chi connectivity index (χ0v) is 11.9. The van der Waals surface area contributed by atoms with E-state index in [-0.39, 0.29) is 6.10 Å². The first-order valence-electron chi connectivity index (χ1n) is 7.01. The molecule has 0 amide bonds. The van der Waals surface area contributed by atoms with Crippen molar-refractivity contribution in [2.75, 3.05) is 46.8 Å². The molecule has 4 heteroatoms. The molecule has 0 saturated carbocycles. The summed E-state index contributed by atoms with van der Waals surface area (Å²) in [5, 5.41) is 13.0. The average Bonchev–Trinajstić information content (AvgIpc) is 2.42. The predicted octanol–water partition coefficient (Wildman–Crippen LogP) is 0.555. The standard InChI is InChI=1S/C15H25N3O/c1-16-10-14(19)11-18-9-8-17(2)12-15(18)13-6-4-3-5-7-13/h3-7,14-16,19H,8-12H2,1-2H3. The van der Waals surface area contributed by atoms with Crippen LogP contribution < -0.4 is 5.32 Å². The Hall–Kier alpha value is -0.940. The van der Waals surface area contributed by atoms with E-state index in [4.69, 9.17) is 0 Å². The third kappa shape index (κ3) is 4.01. The van der Waals surface area contributed by atoms with Crippen LogP contribution >= 0.6 is 0 Å². The molecular formula is C15H25N3O. The quantitative estimate of drug-likeness (QED) is 0.814. The lowest BCUT2D eigenvalue weighted by atomic mass is 10.0. The Kier molecular flexibility index (Phi) is 5.34. The van der Waals surface area contributed by atoms with Crippen molar-refractivity contribution in [3.05, 3.63) is 35.9 Å². The monoisotopic (exact) mass is 263 g/mol. The Morgan fingerprint density at radius 2 is 2.05 bits per heavy atom. The zero-order chi connectivity index (χ0) is 13.7. The number of nitrogens with one attached hydrogen (secondary N) is 1. The SMILES string of the molecule is CNCC(O)CN1CCN(C)CC1c1ccccc1. The first-order chi connectivity index (χ1) is 9.20. The summed E-state index contributed by atoms with van der Waals surface area (Å²) in [4.78, 5) is 4.76. The van der Waals surface area contributed by atoms with E-state index < -0.39 is 0 Å². The van der Waals surface area contributed by atoms with E-state index in [0.29, 0.717) is 12.6 Å². The van der Waals surface area contributed by atoms with Crippen molar-refractivity contribution >= 4 is 0 Å². The molecule has 106 valence electrons. The molecule has 4 nitrogen and oxygen atoms in total. The van der Waals surface area contributed by atoms with Crippen molar-refractivity contribution in [2.45, 2.75) is 12.1 Å². The van der Waals surface area contributed by atoms with Crippen LogP contribution in [0.3, 0.4) is 0 Å². The second-order valence-electron chi connectivity index (χ2n) is 5.40. The molecule has 0 spiro atoms. The van der Waals surface area contributed by atoms with Gasteiger partial charge in [-0.1, -0.05) is 30.3 Å². The van der Waals surface area contributed by atoms with Crippen LogP contribution in [0.1, 0.15) is 11.6 Å². The molecule has 1 fully saturated rings. The van der Waals surface area contributed by atoms with Crippen molar-refractivity contribution in [2.24, 2.45) is 0 Å². The van der Waals surface area contributed by atoms with Gasteiger partial charge >= 0.3 is 0 Å². The van der Waals surface area contributed by atoms with Crippen LogP contribution in [0.25, 0.3) is 0 Å². The topological polar surface area (TPSA) is 38.7 Å². The smallest absolute Gasteiger partial charge is 0.0791 e. The van der Waals surface area contributed by atoms with Crippen molar-refractivity contribution in [3.63, 3.8) is 0 Å². The maximum absolute atomic E-state index is 10.0. The number of rotatable bonds is 5. The van der Waals surface area contributed by atoms with Gasteiger partial charge in [-0.25, -0.2) is 0 Å². The van der Waals surface area contributed by atoms with Crippen LogP contribution in [-0.2, 0) is 0 Å². The zero-order valence-electron chi connectivity index (χ0n) is 11.9. The Morgan fingerprint density at radius 3 is 2.74 bits per heavy atom. The van der Waals surface area contributed by atoms with Crippen LogP contribution in [0, 0.1) is 0 Å². The summed E-state index contributed by atoms with van der Waals surface area (Å²) in [7, 11) is 4.04. The highest BCUT2D eigenvalue weighted by atomic mass is 16.3. The van der Waals surface area contributed by atoms with Crippen molar-refractivity contribution in [3.8, 4) is 0 Å². The molecule has 2 N–H and O–H groups in total.